The topological polar surface area (TPSA) is 43.4 Å². The van der Waals surface area contributed by atoms with Crippen LogP contribution in [0.15, 0.2) is 28.7 Å². The molecule has 0 N–H and O–H groups in total. The fourth-order valence-corrected chi connectivity index (χ4v) is 1.04. The molecule has 64 valence electrons. The highest BCUT2D eigenvalue weighted by molar-refractivity contribution is 9.10. The lowest BCUT2D eigenvalue weighted by Crippen LogP contribution is -2.19. The normalized spacial score (nSPS) is 9.58. The third-order valence-electron chi connectivity index (χ3n) is 1.38. The van der Waals surface area contributed by atoms with Gasteiger partial charge >= 0.3 is 0 Å². The molecule has 0 saturated heterocycles. The summed E-state index contributed by atoms with van der Waals surface area (Å²) in [5, 5.41) is 10.9. The van der Waals surface area contributed by atoms with E-state index in [4.69, 9.17) is 0 Å². The van der Waals surface area contributed by atoms with Crippen LogP contribution in [-0.4, -0.2) is 18.0 Å². The van der Waals surface area contributed by atoms with E-state index in [1.54, 1.807) is 24.3 Å². The van der Waals surface area contributed by atoms with Crippen molar-refractivity contribution in [3.8, 4) is 0 Å². The number of amides is 1. The fraction of sp³-hybridized carbons (Fsp3) is 0.125. The number of halogens is 1. The van der Waals surface area contributed by atoms with Gasteiger partial charge in [-0.25, -0.2) is 0 Å². The molecule has 1 aromatic rings. The number of rotatable bonds is 1. The van der Waals surface area contributed by atoms with E-state index < -0.39 is 5.91 Å². The molecule has 3 nitrogen and oxygen atoms in total. The van der Waals surface area contributed by atoms with Crippen molar-refractivity contribution >= 4 is 21.8 Å². The Bertz CT molecular complexity index is 282. The molecule has 0 saturated carbocycles. The van der Waals surface area contributed by atoms with E-state index in [0.29, 0.717) is 10.6 Å². The van der Waals surface area contributed by atoms with Crippen LogP contribution in [0.4, 0.5) is 0 Å². The molecule has 0 atom stereocenters. The number of carbonyl (C=O) groups excluding carboxylic acids is 1. The summed E-state index contributed by atoms with van der Waals surface area (Å²) in [4.78, 5) is 11.1. The van der Waals surface area contributed by atoms with E-state index in [-0.39, 0.29) is 0 Å². The Morgan fingerprint density at radius 1 is 1.42 bits per heavy atom. The molecular weight excluding hydrogens is 222 g/mol. The lowest BCUT2D eigenvalue weighted by Gasteiger charge is -2.21. The predicted molar refractivity (Wildman–Crippen MR) is 49.6 cm³/mol. The first-order valence-electron chi connectivity index (χ1n) is 3.32. The zero-order chi connectivity index (χ0) is 9.14. The van der Waals surface area contributed by atoms with Crippen LogP contribution in [0.25, 0.3) is 0 Å². The second kappa shape index (κ2) is 3.69. The van der Waals surface area contributed by atoms with Crippen LogP contribution < -0.4 is 0 Å². The largest absolute Gasteiger partial charge is 0.756 e. The molecule has 1 aromatic carbocycles. The number of nitrogens with zero attached hydrogens (tertiary/aromatic N) is 1. The van der Waals surface area contributed by atoms with Crippen LogP contribution in [0.5, 0.6) is 0 Å². The van der Waals surface area contributed by atoms with E-state index in [2.05, 4.69) is 15.9 Å². The van der Waals surface area contributed by atoms with Crippen molar-refractivity contribution < 1.29 is 4.79 Å². The van der Waals surface area contributed by atoms with Gasteiger partial charge in [0, 0.05) is 10.0 Å². The number of hydrogen-bond acceptors (Lipinski definition) is 2. The van der Waals surface area contributed by atoms with Crippen LogP contribution in [0.3, 0.4) is 0 Å². The summed E-state index contributed by atoms with van der Waals surface area (Å²) >= 11 is 3.23. The molecule has 0 aromatic heterocycles. The second-order valence-electron chi connectivity index (χ2n) is 2.31. The second-order valence-corrected chi connectivity index (χ2v) is 3.23. The van der Waals surface area contributed by atoms with Gasteiger partial charge in [0.05, 0.1) is 0 Å². The Kier molecular flexibility index (Phi) is 2.83. The number of hydrogen-bond donors (Lipinski definition) is 0. The van der Waals surface area contributed by atoms with Gasteiger partial charge in [0.1, 0.15) is 0 Å². The van der Waals surface area contributed by atoms with Gasteiger partial charge in [-0.3, -0.25) is 4.79 Å². The first-order valence-corrected chi connectivity index (χ1v) is 4.11. The molecule has 0 bridgehead atoms. The van der Waals surface area contributed by atoms with E-state index in [9.17, 15) is 10.0 Å². The average molecular weight is 229 g/mol. The monoisotopic (exact) mass is 228 g/mol. The minimum Gasteiger partial charge on any atom is -0.756 e. The zero-order valence-corrected chi connectivity index (χ0v) is 8.04. The average Bonchev–Trinajstić information content (AvgIpc) is 2.04. The maximum Gasteiger partial charge on any atom is 0.243 e. The van der Waals surface area contributed by atoms with Gasteiger partial charge in [-0.2, -0.15) is 0 Å². The van der Waals surface area contributed by atoms with Gasteiger partial charge in [0.2, 0.25) is 5.91 Å². The molecule has 0 radical (unpaired) electrons. The van der Waals surface area contributed by atoms with Crippen molar-refractivity contribution in [3.63, 3.8) is 0 Å². The lowest BCUT2D eigenvalue weighted by molar-refractivity contribution is 0.0850. The molecule has 1 rings (SSSR count). The van der Waals surface area contributed by atoms with Crippen molar-refractivity contribution in [2.75, 3.05) is 7.05 Å². The first-order chi connectivity index (χ1) is 5.61. The minimum atomic E-state index is -0.525. The van der Waals surface area contributed by atoms with E-state index in [1.807, 2.05) is 0 Å². The number of hydroxylamine groups is 2. The molecule has 1 amide bonds. The Labute approximate surface area is 78.7 Å². The van der Waals surface area contributed by atoms with Crippen molar-refractivity contribution in [1.29, 1.82) is 0 Å². The van der Waals surface area contributed by atoms with Gasteiger partial charge in [-0.1, -0.05) is 15.9 Å². The fourth-order valence-electron chi connectivity index (χ4n) is 0.774. The highest BCUT2D eigenvalue weighted by atomic mass is 79.9. The van der Waals surface area contributed by atoms with Gasteiger partial charge in [0.25, 0.3) is 0 Å². The highest BCUT2D eigenvalue weighted by Gasteiger charge is 2.02. The van der Waals surface area contributed by atoms with Crippen LogP contribution in [0.2, 0.25) is 0 Å². The Morgan fingerprint density at radius 3 is 2.33 bits per heavy atom. The molecule has 0 spiro atoms. The van der Waals surface area contributed by atoms with Crippen LogP contribution in [0, 0.1) is 5.21 Å². The summed E-state index contributed by atoms with van der Waals surface area (Å²) in [6.45, 7) is 0. The van der Waals surface area contributed by atoms with E-state index in [0.717, 1.165) is 4.47 Å². The van der Waals surface area contributed by atoms with Crippen LogP contribution >= 0.6 is 15.9 Å². The third kappa shape index (κ3) is 2.06. The van der Waals surface area contributed by atoms with Crippen molar-refractivity contribution in [2.24, 2.45) is 0 Å². The van der Waals surface area contributed by atoms with E-state index >= 15 is 0 Å². The number of benzene rings is 1. The van der Waals surface area contributed by atoms with E-state index in [1.165, 1.54) is 7.05 Å². The van der Waals surface area contributed by atoms with Gasteiger partial charge in [0.15, 0.2) is 0 Å². The van der Waals surface area contributed by atoms with Crippen LogP contribution in [-0.2, 0) is 0 Å². The maximum absolute atomic E-state index is 11.1. The van der Waals surface area contributed by atoms with Crippen molar-refractivity contribution in [2.45, 2.75) is 0 Å². The molecule has 0 fully saturated rings. The summed E-state index contributed by atoms with van der Waals surface area (Å²) in [6, 6.07) is 6.63. The molecule has 0 heterocycles. The van der Waals surface area contributed by atoms with Gasteiger partial charge < -0.3 is 10.3 Å². The zero-order valence-electron chi connectivity index (χ0n) is 6.45. The lowest BCUT2D eigenvalue weighted by atomic mass is 10.2. The summed E-state index contributed by atoms with van der Waals surface area (Å²) < 4.78 is 0.882. The summed E-state index contributed by atoms with van der Waals surface area (Å²) in [5.41, 5.74) is 0.399. The predicted octanol–water partition coefficient (Wildman–Crippen LogP) is 2.02. The Morgan fingerprint density at radius 2 is 1.92 bits per heavy atom. The Balaban J connectivity index is 2.90. The quantitative estimate of drug-likeness (QED) is 0.691. The molecule has 4 heteroatoms. The molecule has 0 unspecified atom stereocenters. The third-order valence-corrected chi connectivity index (χ3v) is 1.91. The standard InChI is InChI=1S/C8H7BrNO2/c1-10(12)8(11)6-2-4-7(9)5-3-6/h2-5H,1H3/q-1. The SMILES string of the molecule is CN([O-])C(=O)c1ccc(Br)cc1. The highest BCUT2D eigenvalue weighted by Crippen LogP contribution is 2.11. The molecular formula is C8H7BrNO2-. The summed E-state index contributed by atoms with van der Waals surface area (Å²) in [7, 11) is 1.18. The number of carbonyl (C=O) groups is 1. The summed E-state index contributed by atoms with van der Waals surface area (Å²) in [5.74, 6) is -0.525. The molecule has 0 aliphatic rings. The smallest absolute Gasteiger partial charge is 0.243 e. The van der Waals surface area contributed by atoms with Gasteiger partial charge in [-0.05, 0) is 31.3 Å². The van der Waals surface area contributed by atoms with Crippen molar-refractivity contribution in [3.05, 3.63) is 39.5 Å². The van der Waals surface area contributed by atoms with Gasteiger partial charge in [-0.15, -0.1) is 0 Å². The van der Waals surface area contributed by atoms with Crippen molar-refractivity contribution in [1.82, 2.24) is 5.06 Å². The summed E-state index contributed by atoms with van der Waals surface area (Å²) in [6.07, 6.45) is 0. The first kappa shape index (κ1) is 9.22. The molecule has 0 aliphatic heterocycles. The Hall–Kier alpha value is -0.870. The van der Waals surface area contributed by atoms with Crippen LogP contribution in [0.1, 0.15) is 10.4 Å². The molecule has 12 heavy (non-hydrogen) atoms. The maximum atomic E-state index is 11.1. The minimum absolute atomic E-state index is 0.309. The molecule has 0 aliphatic carbocycles.